The van der Waals surface area contributed by atoms with Gasteiger partial charge in [0.15, 0.2) is 0 Å². The quantitative estimate of drug-likeness (QED) is 0.172. The zero-order valence-corrected chi connectivity index (χ0v) is 29.6. The topological polar surface area (TPSA) is 16.4 Å². The molecule has 0 saturated carbocycles. The van der Waals surface area contributed by atoms with Gasteiger partial charge < -0.3 is 9.32 Å². The van der Waals surface area contributed by atoms with Crippen molar-refractivity contribution in [1.29, 1.82) is 0 Å². The first kappa shape index (κ1) is 30.0. The normalized spacial score (nSPS) is 13.2. The van der Waals surface area contributed by atoms with Crippen LogP contribution in [0.15, 0.2) is 180 Å². The molecule has 0 spiro atoms. The van der Waals surface area contributed by atoms with E-state index in [-0.39, 0.29) is 5.41 Å². The molecule has 10 aromatic rings. The largest absolute Gasteiger partial charge is 0.455 e. The maximum Gasteiger partial charge on any atom is 0.145 e. The van der Waals surface area contributed by atoms with Crippen molar-refractivity contribution in [1.82, 2.24) is 0 Å². The van der Waals surface area contributed by atoms with Crippen LogP contribution < -0.4 is 4.90 Å². The minimum atomic E-state index is -0.142. The summed E-state index contributed by atoms with van der Waals surface area (Å²) < 4.78 is 6.80. The van der Waals surface area contributed by atoms with Crippen molar-refractivity contribution in [2.24, 2.45) is 0 Å². The second-order valence-corrected chi connectivity index (χ2v) is 14.9. The number of rotatable bonds is 4. The van der Waals surface area contributed by atoms with Crippen LogP contribution in [-0.2, 0) is 5.41 Å². The fourth-order valence-corrected chi connectivity index (χ4v) is 9.14. The Bertz CT molecular complexity index is 3060. The second-order valence-electron chi connectivity index (χ2n) is 14.9. The molecule has 0 aliphatic heterocycles. The van der Waals surface area contributed by atoms with Crippen LogP contribution in [0.3, 0.4) is 0 Å². The molecule has 0 bridgehead atoms. The first-order valence-electron chi connectivity index (χ1n) is 18.4. The second kappa shape index (κ2) is 11.2. The summed E-state index contributed by atoms with van der Waals surface area (Å²) >= 11 is 0. The number of hydrogen-bond donors (Lipinski definition) is 0. The van der Waals surface area contributed by atoms with Crippen LogP contribution in [-0.4, -0.2) is 0 Å². The number of anilines is 3. The van der Waals surface area contributed by atoms with Gasteiger partial charge in [-0.05, 0) is 103 Å². The predicted octanol–water partition coefficient (Wildman–Crippen LogP) is 14.5. The summed E-state index contributed by atoms with van der Waals surface area (Å²) in [5.41, 5.74) is 12.5. The third kappa shape index (κ3) is 4.33. The highest BCUT2D eigenvalue weighted by Gasteiger charge is 2.36. The molecule has 1 heterocycles. The van der Waals surface area contributed by atoms with Crippen molar-refractivity contribution < 1.29 is 4.42 Å². The number of para-hydroxylation sites is 1. The van der Waals surface area contributed by atoms with Crippen molar-refractivity contribution in [3.8, 4) is 22.3 Å². The Morgan fingerprint density at radius 3 is 1.72 bits per heavy atom. The predicted molar refractivity (Wildman–Crippen MR) is 224 cm³/mol. The van der Waals surface area contributed by atoms with Gasteiger partial charge >= 0.3 is 0 Å². The smallest absolute Gasteiger partial charge is 0.145 e. The van der Waals surface area contributed by atoms with E-state index in [1.807, 2.05) is 6.07 Å². The van der Waals surface area contributed by atoms with Crippen LogP contribution in [0.2, 0.25) is 0 Å². The Kier molecular flexibility index (Phi) is 6.33. The standard InChI is InChI=1S/C51H35NO/c1-51(2)45-22-12-10-20-40(45)41-27-25-34(31-46(41)51)52(33-24-26-39-37-18-7-6-16-35(37)36-17-8-9-19-38(36)44(39)30-33)47-29-28-43-42-21-11-13-23-48(42)53-50(43)49(47)32-14-4-3-5-15-32/h3-31H,1-2H3. The van der Waals surface area contributed by atoms with Crippen molar-refractivity contribution in [3.63, 3.8) is 0 Å². The van der Waals surface area contributed by atoms with Gasteiger partial charge in [0.1, 0.15) is 11.2 Å². The maximum atomic E-state index is 6.80. The zero-order valence-electron chi connectivity index (χ0n) is 29.6. The van der Waals surface area contributed by atoms with Crippen LogP contribution in [0.25, 0.3) is 76.5 Å². The molecular formula is C51H35NO. The summed E-state index contributed by atoms with van der Waals surface area (Å²) in [6.45, 7) is 4.71. The number of hydrogen-bond acceptors (Lipinski definition) is 2. The molecule has 0 saturated heterocycles. The van der Waals surface area contributed by atoms with Crippen molar-refractivity contribution in [2.75, 3.05) is 4.90 Å². The zero-order chi connectivity index (χ0) is 35.3. The molecule has 1 aromatic heterocycles. The SMILES string of the molecule is CC1(C)c2ccccc2-c2ccc(N(c3ccc4c5ccccc5c5ccccc5c4c3)c3ccc4c(oc5ccccc54)c3-c3ccccc3)cc21. The summed E-state index contributed by atoms with van der Waals surface area (Å²) in [5.74, 6) is 0. The van der Waals surface area contributed by atoms with E-state index in [0.29, 0.717) is 0 Å². The molecule has 250 valence electrons. The number of benzene rings is 9. The molecule has 0 radical (unpaired) electrons. The number of nitrogens with zero attached hydrogens (tertiary/aromatic N) is 1. The molecule has 0 unspecified atom stereocenters. The van der Waals surface area contributed by atoms with Gasteiger partial charge in [-0.3, -0.25) is 0 Å². The summed E-state index contributed by atoms with van der Waals surface area (Å²) in [6, 6.07) is 64.2. The van der Waals surface area contributed by atoms with Crippen LogP contribution in [0.1, 0.15) is 25.0 Å². The van der Waals surface area contributed by atoms with E-state index >= 15 is 0 Å². The van der Waals surface area contributed by atoms with Gasteiger partial charge in [0.05, 0.1) is 5.69 Å². The Balaban J connectivity index is 1.24. The van der Waals surface area contributed by atoms with Gasteiger partial charge in [-0.15, -0.1) is 0 Å². The van der Waals surface area contributed by atoms with Gasteiger partial charge in [-0.2, -0.15) is 0 Å². The van der Waals surface area contributed by atoms with Crippen LogP contribution in [0.4, 0.5) is 17.1 Å². The van der Waals surface area contributed by atoms with E-state index in [4.69, 9.17) is 4.42 Å². The fraction of sp³-hybridized carbons (Fsp3) is 0.0588. The molecule has 1 aliphatic rings. The Morgan fingerprint density at radius 2 is 0.962 bits per heavy atom. The van der Waals surface area contributed by atoms with E-state index in [1.165, 1.54) is 54.6 Å². The molecule has 0 amide bonds. The molecule has 2 nitrogen and oxygen atoms in total. The maximum absolute atomic E-state index is 6.80. The monoisotopic (exact) mass is 677 g/mol. The molecule has 53 heavy (non-hydrogen) atoms. The first-order valence-corrected chi connectivity index (χ1v) is 18.4. The van der Waals surface area contributed by atoms with Crippen LogP contribution >= 0.6 is 0 Å². The van der Waals surface area contributed by atoms with Crippen LogP contribution in [0.5, 0.6) is 0 Å². The average molecular weight is 678 g/mol. The van der Waals surface area contributed by atoms with Gasteiger partial charge in [0.2, 0.25) is 0 Å². The van der Waals surface area contributed by atoms with Crippen molar-refractivity contribution in [2.45, 2.75) is 19.3 Å². The summed E-state index contributed by atoms with van der Waals surface area (Å²) in [4.78, 5) is 2.46. The molecular weight excluding hydrogens is 643 g/mol. The van der Waals surface area contributed by atoms with Crippen LogP contribution in [0, 0.1) is 0 Å². The molecule has 0 fully saturated rings. The Labute approximate surface area is 308 Å². The van der Waals surface area contributed by atoms with Crippen molar-refractivity contribution >= 4 is 71.3 Å². The average Bonchev–Trinajstić information content (AvgIpc) is 3.70. The summed E-state index contributed by atoms with van der Waals surface area (Å²) in [5, 5.41) is 9.80. The highest BCUT2D eigenvalue weighted by atomic mass is 16.3. The summed E-state index contributed by atoms with van der Waals surface area (Å²) in [7, 11) is 0. The van der Waals surface area contributed by atoms with Gasteiger partial charge in [0, 0.05) is 33.1 Å². The first-order chi connectivity index (χ1) is 26.1. The van der Waals surface area contributed by atoms with Crippen molar-refractivity contribution in [3.05, 3.63) is 187 Å². The molecule has 11 rings (SSSR count). The lowest BCUT2D eigenvalue weighted by molar-refractivity contribution is 0.660. The van der Waals surface area contributed by atoms with E-state index in [9.17, 15) is 0 Å². The van der Waals surface area contributed by atoms with Gasteiger partial charge in [-0.25, -0.2) is 0 Å². The third-order valence-corrected chi connectivity index (χ3v) is 11.6. The van der Waals surface area contributed by atoms with E-state index in [1.54, 1.807) is 0 Å². The number of fused-ring (bicyclic) bond motifs is 12. The Hall–Kier alpha value is -6.64. The highest BCUT2D eigenvalue weighted by molar-refractivity contribution is 6.26. The van der Waals surface area contributed by atoms with E-state index in [0.717, 1.165) is 50.1 Å². The molecule has 9 aromatic carbocycles. The lowest BCUT2D eigenvalue weighted by Crippen LogP contribution is -2.17. The lowest BCUT2D eigenvalue weighted by atomic mass is 9.82. The van der Waals surface area contributed by atoms with Gasteiger partial charge in [0.25, 0.3) is 0 Å². The minimum absolute atomic E-state index is 0.142. The van der Waals surface area contributed by atoms with Gasteiger partial charge in [-0.1, -0.05) is 147 Å². The third-order valence-electron chi connectivity index (χ3n) is 11.6. The Morgan fingerprint density at radius 1 is 0.415 bits per heavy atom. The van der Waals surface area contributed by atoms with E-state index < -0.39 is 0 Å². The highest BCUT2D eigenvalue weighted by Crippen LogP contribution is 2.52. The lowest BCUT2D eigenvalue weighted by Gasteiger charge is -2.30. The summed E-state index contributed by atoms with van der Waals surface area (Å²) in [6.07, 6.45) is 0. The molecule has 1 aliphatic carbocycles. The fourth-order valence-electron chi connectivity index (χ4n) is 9.14. The molecule has 2 heteroatoms. The number of furan rings is 1. The molecule has 0 N–H and O–H groups in total. The minimum Gasteiger partial charge on any atom is -0.455 e. The molecule has 0 atom stereocenters. The van der Waals surface area contributed by atoms with E-state index in [2.05, 4.69) is 189 Å².